The van der Waals surface area contributed by atoms with E-state index in [1.165, 1.54) is 6.20 Å². The van der Waals surface area contributed by atoms with Gasteiger partial charge in [0.2, 0.25) is 0 Å². The predicted octanol–water partition coefficient (Wildman–Crippen LogP) is 0.652. The van der Waals surface area contributed by atoms with E-state index < -0.39 is 16.0 Å². The minimum atomic E-state index is -3.56. The molecule has 19 heavy (non-hydrogen) atoms. The minimum absolute atomic E-state index is 0.0121. The molecule has 7 nitrogen and oxygen atoms in total. The Balaban J connectivity index is 2.37. The first-order valence-electron chi connectivity index (χ1n) is 6.04. The lowest BCUT2D eigenvalue weighted by atomic mass is 10.2. The molecule has 8 heteroatoms. The second-order valence-corrected chi connectivity index (χ2v) is 6.05. The van der Waals surface area contributed by atoms with Crippen LogP contribution in [0.5, 0.6) is 0 Å². The van der Waals surface area contributed by atoms with Gasteiger partial charge in [0.25, 0.3) is 10.0 Å². The molecule has 0 atom stereocenters. The molecule has 0 aliphatic heterocycles. The maximum Gasteiger partial charge on any atom is 0.303 e. The molecule has 1 aromatic rings. The Morgan fingerprint density at radius 2 is 2.11 bits per heavy atom. The van der Waals surface area contributed by atoms with Crippen LogP contribution in [0.3, 0.4) is 0 Å². The molecule has 0 aliphatic rings. The van der Waals surface area contributed by atoms with Crippen molar-refractivity contribution < 1.29 is 18.3 Å². The molecule has 0 aliphatic carbocycles. The van der Waals surface area contributed by atoms with Crippen LogP contribution in [0.2, 0.25) is 0 Å². The number of unbranched alkanes of at least 4 members (excludes halogenated alkanes) is 2. The smallest absolute Gasteiger partial charge is 0.303 e. The SMILES string of the molecule is Cc1nc(S(=O)(=O)NCCCCCC(=O)O)cn1C. The summed E-state index contributed by atoms with van der Waals surface area (Å²) in [7, 11) is -1.83. The van der Waals surface area contributed by atoms with Gasteiger partial charge in [-0.05, 0) is 19.8 Å². The highest BCUT2D eigenvalue weighted by Gasteiger charge is 2.17. The van der Waals surface area contributed by atoms with Crippen molar-refractivity contribution in [1.82, 2.24) is 14.3 Å². The van der Waals surface area contributed by atoms with Crippen LogP contribution in [0.4, 0.5) is 0 Å². The molecule has 0 bridgehead atoms. The van der Waals surface area contributed by atoms with Crippen molar-refractivity contribution >= 4 is 16.0 Å². The molecule has 0 fully saturated rings. The number of aryl methyl sites for hydroxylation is 2. The molecule has 2 N–H and O–H groups in total. The Morgan fingerprint density at radius 1 is 1.42 bits per heavy atom. The van der Waals surface area contributed by atoms with Crippen molar-refractivity contribution in [3.05, 3.63) is 12.0 Å². The van der Waals surface area contributed by atoms with Crippen molar-refractivity contribution in [3.63, 3.8) is 0 Å². The average molecular weight is 289 g/mol. The van der Waals surface area contributed by atoms with Crippen LogP contribution in [0.15, 0.2) is 11.2 Å². The number of hydrogen-bond acceptors (Lipinski definition) is 4. The Kier molecular flexibility index (Phi) is 5.49. The number of imidazole rings is 1. The lowest BCUT2D eigenvalue weighted by Crippen LogP contribution is -2.25. The van der Waals surface area contributed by atoms with Crippen LogP contribution >= 0.6 is 0 Å². The Bertz CT molecular complexity index is 517. The van der Waals surface area contributed by atoms with E-state index in [9.17, 15) is 13.2 Å². The molecule has 0 saturated carbocycles. The van der Waals surface area contributed by atoms with Gasteiger partial charge >= 0.3 is 5.97 Å². The van der Waals surface area contributed by atoms with Gasteiger partial charge in [0.05, 0.1) is 0 Å². The Labute approximate surface area is 112 Å². The van der Waals surface area contributed by atoms with Gasteiger partial charge in [-0.25, -0.2) is 18.1 Å². The largest absolute Gasteiger partial charge is 0.481 e. The van der Waals surface area contributed by atoms with E-state index in [4.69, 9.17) is 5.11 Å². The third-order valence-electron chi connectivity index (χ3n) is 2.72. The van der Waals surface area contributed by atoms with E-state index in [1.807, 2.05) is 0 Å². The normalized spacial score (nSPS) is 11.7. The maximum atomic E-state index is 11.9. The number of sulfonamides is 1. The third-order valence-corrected chi connectivity index (χ3v) is 4.05. The first-order chi connectivity index (χ1) is 8.83. The van der Waals surface area contributed by atoms with Gasteiger partial charge in [0, 0.05) is 26.2 Å². The van der Waals surface area contributed by atoms with Crippen LogP contribution < -0.4 is 4.72 Å². The van der Waals surface area contributed by atoms with Crippen molar-refractivity contribution in [3.8, 4) is 0 Å². The highest BCUT2D eigenvalue weighted by atomic mass is 32.2. The summed E-state index contributed by atoms with van der Waals surface area (Å²) < 4.78 is 27.8. The first-order valence-corrected chi connectivity index (χ1v) is 7.52. The number of nitrogens with one attached hydrogen (secondary N) is 1. The summed E-state index contributed by atoms with van der Waals surface area (Å²) in [6.45, 7) is 2.02. The van der Waals surface area contributed by atoms with Gasteiger partial charge in [-0.3, -0.25) is 4.79 Å². The zero-order valence-electron chi connectivity index (χ0n) is 11.1. The predicted molar refractivity (Wildman–Crippen MR) is 69.2 cm³/mol. The highest BCUT2D eigenvalue weighted by molar-refractivity contribution is 7.89. The molecule has 0 saturated heterocycles. The first kappa shape index (κ1) is 15.6. The van der Waals surface area contributed by atoms with Crippen molar-refractivity contribution in [2.45, 2.75) is 37.6 Å². The number of carbonyl (C=O) groups is 1. The molecule has 0 unspecified atom stereocenters. The van der Waals surface area contributed by atoms with E-state index in [-0.39, 0.29) is 18.0 Å². The number of carboxylic acid groups (broad SMARTS) is 1. The summed E-state index contributed by atoms with van der Waals surface area (Å²) >= 11 is 0. The summed E-state index contributed by atoms with van der Waals surface area (Å²) in [6.07, 6.45) is 3.42. The van der Waals surface area contributed by atoms with Crippen LogP contribution in [-0.2, 0) is 21.9 Å². The maximum absolute atomic E-state index is 11.9. The molecule has 0 amide bonds. The molecule has 108 valence electrons. The second-order valence-electron chi connectivity index (χ2n) is 4.34. The van der Waals surface area contributed by atoms with Gasteiger partial charge < -0.3 is 9.67 Å². The Hall–Kier alpha value is -1.41. The monoisotopic (exact) mass is 289 g/mol. The molecule has 0 aromatic carbocycles. The summed E-state index contributed by atoms with van der Waals surface area (Å²) in [5, 5.41) is 8.47. The molecule has 1 rings (SSSR count). The zero-order valence-corrected chi connectivity index (χ0v) is 11.9. The quantitative estimate of drug-likeness (QED) is 0.684. The highest BCUT2D eigenvalue weighted by Crippen LogP contribution is 2.07. The van der Waals surface area contributed by atoms with E-state index in [0.29, 0.717) is 25.1 Å². The zero-order chi connectivity index (χ0) is 14.5. The lowest BCUT2D eigenvalue weighted by molar-refractivity contribution is -0.137. The number of rotatable bonds is 8. The number of carboxylic acids is 1. The topological polar surface area (TPSA) is 101 Å². The number of aromatic nitrogens is 2. The Morgan fingerprint density at radius 3 is 2.63 bits per heavy atom. The molecule has 1 aromatic heterocycles. The summed E-state index contributed by atoms with van der Waals surface area (Å²) in [5.41, 5.74) is 0. The fourth-order valence-corrected chi connectivity index (χ4v) is 2.62. The summed E-state index contributed by atoms with van der Waals surface area (Å²) in [6, 6.07) is 0. The van der Waals surface area contributed by atoms with Crippen LogP contribution in [0, 0.1) is 6.92 Å². The van der Waals surface area contributed by atoms with Crippen LogP contribution in [0.25, 0.3) is 0 Å². The van der Waals surface area contributed by atoms with E-state index >= 15 is 0 Å². The van der Waals surface area contributed by atoms with Gasteiger partial charge in [-0.1, -0.05) is 6.42 Å². The molecule has 0 spiro atoms. The lowest BCUT2D eigenvalue weighted by Gasteiger charge is -2.03. The van der Waals surface area contributed by atoms with Gasteiger partial charge in [-0.15, -0.1) is 0 Å². The minimum Gasteiger partial charge on any atom is -0.481 e. The average Bonchev–Trinajstić information content (AvgIpc) is 2.64. The third kappa shape index (κ3) is 4.99. The van der Waals surface area contributed by atoms with E-state index in [2.05, 4.69) is 9.71 Å². The molecular weight excluding hydrogens is 270 g/mol. The summed E-state index contributed by atoms with van der Waals surface area (Å²) in [5.74, 6) is -0.202. The fourth-order valence-electron chi connectivity index (χ4n) is 1.51. The molecule has 0 radical (unpaired) electrons. The number of aliphatic carboxylic acids is 1. The van der Waals surface area contributed by atoms with Gasteiger partial charge in [-0.2, -0.15) is 0 Å². The summed E-state index contributed by atoms with van der Waals surface area (Å²) in [4.78, 5) is 14.2. The van der Waals surface area contributed by atoms with Crippen molar-refractivity contribution in [2.24, 2.45) is 7.05 Å². The van der Waals surface area contributed by atoms with Crippen molar-refractivity contribution in [2.75, 3.05) is 6.54 Å². The standard InChI is InChI=1S/C11H19N3O4S/c1-9-13-10(8-14(9)2)19(17,18)12-7-5-3-4-6-11(15)16/h8,12H,3-7H2,1-2H3,(H,15,16). The van der Waals surface area contributed by atoms with Crippen LogP contribution in [-0.4, -0.2) is 35.6 Å². The van der Waals surface area contributed by atoms with E-state index in [0.717, 1.165) is 0 Å². The number of nitrogens with zero attached hydrogens (tertiary/aromatic N) is 2. The van der Waals surface area contributed by atoms with E-state index in [1.54, 1.807) is 18.5 Å². The number of hydrogen-bond donors (Lipinski definition) is 2. The molecular formula is C11H19N3O4S. The molecule has 1 heterocycles. The van der Waals surface area contributed by atoms with Gasteiger partial charge in [0.15, 0.2) is 5.03 Å². The van der Waals surface area contributed by atoms with Gasteiger partial charge in [0.1, 0.15) is 5.82 Å². The van der Waals surface area contributed by atoms with Crippen LogP contribution in [0.1, 0.15) is 31.5 Å². The fraction of sp³-hybridized carbons (Fsp3) is 0.636. The second kappa shape index (κ2) is 6.67. The van der Waals surface area contributed by atoms with Crippen molar-refractivity contribution in [1.29, 1.82) is 0 Å².